The van der Waals surface area contributed by atoms with Crippen molar-refractivity contribution in [2.45, 2.75) is 20.5 Å². The van der Waals surface area contributed by atoms with E-state index in [0.29, 0.717) is 11.5 Å². The molecule has 0 unspecified atom stereocenters. The molecule has 7 nitrogen and oxygen atoms in total. The van der Waals surface area contributed by atoms with Gasteiger partial charge in [-0.1, -0.05) is 34.6 Å². The van der Waals surface area contributed by atoms with E-state index in [4.69, 9.17) is 14.9 Å². The number of nitrogens with one attached hydrogen (secondary N) is 1. The number of oxime groups is 2. The molecule has 0 saturated heterocycles. The van der Waals surface area contributed by atoms with E-state index in [9.17, 15) is 0 Å². The quantitative estimate of drug-likeness (QED) is 0.286. The Morgan fingerprint density at radius 3 is 2.59 bits per heavy atom. The number of aliphatic imine (C=N–C) groups is 1. The topological polar surface area (TPSA) is 91.4 Å². The van der Waals surface area contributed by atoms with Crippen molar-refractivity contribution in [1.29, 1.82) is 5.26 Å². The Balaban J connectivity index is 3.18. The molecule has 0 heterocycles. The molecule has 0 aliphatic heterocycles. The zero-order chi connectivity index (χ0) is 16.4. The summed E-state index contributed by atoms with van der Waals surface area (Å²) < 4.78 is 0. The fourth-order valence-corrected chi connectivity index (χ4v) is 1.69. The molecule has 1 aromatic carbocycles. The minimum Gasteiger partial charge on any atom is -0.399 e. The molecule has 0 radical (unpaired) electrons. The van der Waals surface area contributed by atoms with E-state index >= 15 is 0 Å². The van der Waals surface area contributed by atoms with Crippen LogP contribution in [-0.2, 0) is 16.3 Å². The molecular weight excluding hydrogens is 282 g/mol. The lowest BCUT2D eigenvalue weighted by Gasteiger charge is -2.11. The standard InChI is InChI=1S/C15H19N5O2/c1-11(2)19-22-9-12-7-5-6-8-13(12)14(20-21-4)15(17-3)18-10-16/h5-8H,9H2,1-4H3,(H,17,18). The van der Waals surface area contributed by atoms with E-state index in [1.54, 1.807) is 7.05 Å². The summed E-state index contributed by atoms with van der Waals surface area (Å²) in [5.74, 6) is 0.312. The Morgan fingerprint density at radius 1 is 1.27 bits per heavy atom. The first kappa shape index (κ1) is 17.2. The molecule has 0 amide bonds. The fourth-order valence-electron chi connectivity index (χ4n) is 1.69. The monoisotopic (exact) mass is 301 g/mol. The van der Waals surface area contributed by atoms with Gasteiger partial charge in [0.2, 0.25) is 0 Å². The summed E-state index contributed by atoms with van der Waals surface area (Å²) in [6, 6.07) is 7.48. The lowest BCUT2D eigenvalue weighted by atomic mass is 10.0. The van der Waals surface area contributed by atoms with E-state index in [-0.39, 0.29) is 6.61 Å². The maximum atomic E-state index is 8.82. The van der Waals surface area contributed by atoms with Crippen LogP contribution in [-0.4, -0.2) is 31.4 Å². The highest BCUT2D eigenvalue weighted by molar-refractivity contribution is 6.48. The van der Waals surface area contributed by atoms with Gasteiger partial charge in [-0.25, -0.2) is 0 Å². The summed E-state index contributed by atoms with van der Waals surface area (Å²) in [4.78, 5) is 14.2. The van der Waals surface area contributed by atoms with E-state index < -0.39 is 0 Å². The summed E-state index contributed by atoms with van der Waals surface area (Å²) in [7, 11) is 3.00. The zero-order valence-electron chi connectivity index (χ0n) is 13.1. The number of amidine groups is 1. The fraction of sp³-hybridized carbons (Fsp3) is 0.333. The first-order valence-corrected chi connectivity index (χ1v) is 6.58. The average molecular weight is 301 g/mol. The van der Waals surface area contributed by atoms with Crippen molar-refractivity contribution in [3.05, 3.63) is 35.4 Å². The molecule has 0 spiro atoms. The normalized spacial score (nSPS) is 11.4. The van der Waals surface area contributed by atoms with Gasteiger partial charge in [0.1, 0.15) is 13.7 Å². The third kappa shape index (κ3) is 4.90. The largest absolute Gasteiger partial charge is 0.399 e. The zero-order valence-corrected chi connectivity index (χ0v) is 13.1. The Labute approximate surface area is 129 Å². The van der Waals surface area contributed by atoms with Crippen LogP contribution in [0.1, 0.15) is 25.0 Å². The summed E-state index contributed by atoms with van der Waals surface area (Å²) >= 11 is 0. The third-order valence-electron chi connectivity index (χ3n) is 2.54. The van der Waals surface area contributed by atoms with Gasteiger partial charge in [-0.15, -0.1) is 0 Å². The predicted molar refractivity (Wildman–Crippen MR) is 85.7 cm³/mol. The van der Waals surface area contributed by atoms with Crippen LogP contribution in [0.3, 0.4) is 0 Å². The van der Waals surface area contributed by atoms with E-state index in [1.165, 1.54) is 7.11 Å². The van der Waals surface area contributed by atoms with Crippen molar-refractivity contribution in [2.24, 2.45) is 15.3 Å². The Morgan fingerprint density at radius 2 is 2.00 bits per heavy atom. The summed E-state index contributed by atoms with van der Waals surface area (Å²) in [6.45, 7) is 3.97. The van der Waals surface area contributed by atoms with Gasteiger partial charge >= 0.3 is 0 Å². The Bertz CT molecular complexity index is 625. The number of benzene rings is 1. The van der Waals surface area contributed by atoms with Gasteiger partial charge in [0.25, 0.3) is 0 Å². The molecule has 0 bridgehead atoms. The van der Waals surface area contributed by atoms with Crippen LogP contribution in [0.2, 0.25) is 0 Å². The molecule has 0 aliphatic carbocycles. The maximum absolute atomic E-state index is 8.82. The van der Waals surface area contributed by atoms with E-state index in [2.05, 4.69) is 20.6 Å². The number of hydrogen-bond donors (Lipinski definition) is 1. The van der Waals surface area contributed by atoms with Crippen LogP contribution in [0.5, 0.6) is 0 Å². The Hall–Kier alpha value is -2.88. The molecule has 0 saturated carbocycles. The van der Waals surface area contributed by atoms with E-state index in [0.717, 1.165) is 16.8 Å². The van der Waals surface area contributed by atoms with Crippen LogP contribution < -0.4 is 5.32 Å². The van der Waals surface area contributed by atoms with Gasteiger partial charge < -0.3 is 9.68 Å². The second-order valence-electron chi connectivity index (χ2n) is 4.40. The second-order valence-corrected chi connectivity index (χ2v) is 4.40. The number of hydrogen-bond acceptors (Lipinski definition) is 6. The summed E-state index contributed by atoms with van der Waals surface area (Å²) in [5, 5.41) is 19.2. The molecule has 1 aromatic rings. The molecule has 0 atom stereocenters. The van der Waals surface area contributed by atoms with Crippen molar-refractivity contribution in [1.82, 2.24) is 5.32 Å². The first-order valence-electron chi connectivity index (χ1n) is 6.58. The molecular formula is C15H19N5O2. The molecule has 1 N–H and O–H groups in total. The van der Waals surface area contributed by atoms with Crippen molar-refractivity contribution in [2.75, 3.05) is 14.2 Å². The van der Waals surface area contributed by atoms with Gasteiger partial charge in [0.05, 0.1) is 5.71 Å². The number of rotatable bonds is 6. The lowest BCUT2D eigenvalue weighted by molar-refractivity contribution is 0.130. The van der Waals surface area contributed by atoms with Crippen molar-refractivity contribution < 1.29 is 9.68 Å². The summed E-state index contributed by atoms with van der Waals surface area (Å²) in [6.07, 6.45) is 1.83. The Kier molecular flexibility index (Phi) is 7.13. The van der Waals surface area contributed by atoms with E-state index in [1.807, 2.05) is 44.3 Å². The SMILES string of the molecule is CN=C(NC#N)C(=NOC)c1ccccc1CON=C(C)C. The first-order chi connectivity index (χ1) is 10.6. The van der Waals surface area contributed by atoms with Gasteiger partial charge in [0.15, 0.2) is 17.7 Å². The smallest absolute Gasteiger partial charge is 0.182 e. The number of nitriles is 1. The van der Waals surface area contributed by atoms with Crippen molar-refractivity contribution in [3.8, 4) is 6.19 Å². The van der Waals surface area contributed by atoms with Crippen molar-refractivity contribution >= 4 is 17.3 Å². The molecule has 116 valence electrons. The van der Waals surface area contributed by atoms with Gasteiger partial charge in [-0.2, -0.15) is 5.26 Å². The molecule has 0 aliphatic rings. The second kappa shape index (κ2) is 9.13. The minimum atomic E-state index is 0.271. The highest BCUT2D eigenvalue weighted by Crippen LogP contribution is 2.13. The maximum Gasteiger partial charge on any atom is 0.182 e. The minimum absolute atomic E-state index is 0.271. The number of nitrogens with zero attached hydrogens (tertiary/aromatic N) is 4. The van der Waals surface area contributed by atoms with Crippen LogP contribution in [0.25, 0.3) is 0 Å². The molecule has 1 rings (SSSR count). The van der Waals surface area contributed by atoms with Crippen LogP contribution in [0.15, 0.2) is 39.6 Å². The van der Waals surface area contributed by atoms with Gasteiger partial charge in [0, 0.05) is 18.2 Å². The highest BCUT2D eigenvalue weighted by atomic mass is 16.6. The highest BCUT2D eigenvalue weighted by Gasteiger charge is 2.16. The molecule has 0 aromatic heterocycles. The van der Waals surface area contributed by atoms with Crippen molar-refractivity contribution in [3.63, 3.8) is 0 Å². The van der Waals surface area contributed by atoms with Gasteiger partial charge in [-0.3, -0.25) is 10.3 Å². The lowest BCUT2D eigenvalue weighted by Crippen LogP contribution is -2.29. The molecule has 22 heavy (non-hydrogen) atoms. The van der Waals surface area contributed by atoms with Crippen LogP contribution in [0.4, 0.5) is 0 Å². The van der Waals surface area contributed by atoms with Gasteiger partial charge in [-0.05, 0) is 13.8 Å². The summed E-state index contributed by atoms with van der Waals surface area (Å²) in [5.41, 5.74) is 2.84. The average Bonchev–Trinajstić information content (AvgIpc) is 2.51. The van der Waals surface area contributed by atoms with Crippen LogP contribution >= 0.6 is 0 Å². The predicted octanol–water partition coefficient (Wildman–Crippen LogP) is 2.05. The van der Waals surface area contributed by atoms with Crippen LogP contribution in [0, 0.1) is 11.5 Å². The third-order valence-corrected chi connectivity index (χ3v) is 2.54. The molecule has 7 heteroatoms. The molecule has 0 fully saturated rings.